The molecular weight excluding hydrogens is 274 g/mol. The van der Waals surface area contributed by atoms with Crippen LogP contribution in [0.1, 0.15) is 43.2 Å². The second kappa shape index (κ2) is 6.99. The van der Waals surface area contributed by atoms with Crippen LogP contribution < -0.4 is 4.74 Å². The van der Waals surface area contributed by atoms with Crippen LogP contribution >= 0.6 is 0 Å². The summed E-state index contributed by atoms with van der Waals surface area (Å²) in [5, 5.41) is 0. The first-order valence-electron chi connectivity index (χ1n) is 8.41. The van der Waals surface area contributed by atoms with E-state index in [0.717, 1.165) is 30.9 Å². The molecule has 1 heterocycles. The first-order valence-corrected chi connectivity index (χ1v) is 8.41. The van der Waals surface area contributed by atoms with Crippen molar-refractivity contribution in [1.29, 1.82) is 0 Å². The smallest absolute Gasteiger partial charge is 0.246 e. The van der Waals surface area contributed by atoms with Crippen LogP contribution in [0.15, 0.2) is 24.3 Å². The molecule has 0 radical (unpaired) electrons. The van der Waals surface area contributed by atoms with Crippen molar-refractivity contribution in [2.75, 3.05) is 20.2 Å². The van der Waals surface area contributed by atoms with E-state index in [1.165, 1.54) is 37.7 Å². The van der Waals surface area contributed by atoms with Crippen LogP contribution in [-0.2, 0) is 11.2 Å². The Bertz CT molecular complexity index is 559. The zero-order valence-electron chi connectivity index (χ0n) is 13.4. The van der Waals surface area contributed by atoms with Gasteiger partial charge in [0.1, 0.15) is 5.75 Å². The van der Waals surface area contributed by atoms with Crippen molar-refractivity contribution in [2.45, 2.75) is 38.5 Å². The second-order valence-corrected chi connectivity index (χ2v) is 6.52. The summed E-state index contributed by atoms with van der Waals surface area (Å²) in [6, 6.07) is 6.13. The molecule has 0 spiro atoms. The third-order valence-corrected chi connectivity index (χ3v) is 4.76. The van der Waals surface area contributed by atoms with Crippen LogP contribution in [-0.4, -0.2) is 31.0 Å². The first kappa shape index (κ1) is 15.1. The van der Waals surface area contributed by atoms with E-state index in [1.54, 1.807) is 6.08 Å². The lowest BCUT2D eigenvalue weighted by molar-refractivity contribution is -0.125. The topological polar surface area (TPSA) is 29.5 Å². The summed E-state index contributed by atoms with van der Waals surface area (Å²) in [6.45, 7) is 1.66. The average Bonchev–Trinajstić information content (AvgIpc) is 3.01. The summed E-state index contributed by atoms with van der Waals surface area (Å²) in [4.78, 5) is 14.1. The number of rotatable bonds is 4. The first-order chi connectivity index (χ1) is 10.7. The van der Waals surface area contributed by atoms with E-state index in [-0.39, 0.29) is 5.91 Å². The van der Waals surface area contributed by atoms with E-state index in [9.17, 15) is 4.79 Å². The van der Waals surface area contributed by atoms with Crippen LogP contribution in [0.2, 0.25) is 0 Å². The molecule has 0 N–H and O–H groups in total. The minimum Gasteiger partial charge on any atom is -0.493 e. The summed E-state index contributed by atoms with van der Waals surface area (Å²) in [5.74, 6) is 1.77. The quantitative estimate of drug-likeness (QED) is 0.794. The highest BCUT2D eigenvalue weighted by molar-refractivity contribution is 5.91. The molecule has 1 aromatic carbocycles. The Balaban J connectivity index is 1.56. The van der Waals surface area contributed by atoms with Gasteiger partial charge in [0, 0.05) is 26.1 Å². The fraction of sp³-hybridized carbons (Fsp3) is 0.526. The number of hydrogen-bond acceptors (Lipinski definition) is 2. The van der Waals surface area contributed by atoms with Crippen LogP contribution in [0.25, 0.3) is 6.08 Å². The molecule has 3 heteroatoms. The Morgan fingerprint density at radius 1 is 1.32 bits per heavy atom. The van der Waals surface area contributed by atoms with Crippen molar-refractivity contribution in [3.8, 4) is 5.75 Å². The number of benzene rings is 1. The molecule has 1 fully saturated rings. The van der Waals surface area contributed by atoms with E-state index in [0.29, 0.717) is 5.92 Å². The lowest BCUT2D eigenvalue weighted by atomic mass is 9.89. The molecular formula is C19H25NO2. The van der Waals surface area contributed by atoms with Gasteiger partial charge in [0.25, 0.3) is 0 Å². The van der Waals surface area contributed by atoms with Gasteiger partial charge in [-0.2, -0.15) is 0 Å². The molecule has 1 aliphatic heterocycles. The van der Waals surface area contributed by atoms with Crippen molar-refractivity contribution in [3.63, 3.8) is 0 Å². The van der Waals surface area contributed by atoms with Crippen molar-refractivity contribution >= 4 is 12.0 Å². The number of nitrogens with zero attached hydrogens (tertiary/aromatic N) is 1. The molecule has 1 saturated carbocycles. The van der Waals surface area contributed by atoms with Crippen molar-refractivity contribution in [1.82, 2.24) is 4.90 Å². The number of fused-ring (bicyclic) bond motifs is 1. The minimum absolute atomic E-state index is 0.0994. The number of likely N-dealkylation sites (N-methyl/N-ethyl adjacent to an activating group) is 1. The number of carbonyl (C=O) groups excluding carboxylic acids is 1. The molecule has 3 nitrogen and oxygen atoms in total. The van der Waals surface area contributed by atoms with Gasteiger partial charge in [-0.25, -0.2) is 0 Å². The largest absolute Gasteiger partial charge is 0.493 e. The Morgan fingerprint density at radius 3 is 2.95 bits per heavy atom. The lowest BCUT2D eigenvalue weighted by Gasteiger charge is -2.26. The molecule has 0 unspecified atom stereocenters. The van der Waals surface area contributed by atoms with Gasteiger partial charge in [-0.3, -0.25) is 4.79 Å². The monoisotopic (exact) mass is 299 g/mol. The van der Waals surface area contributed by atoms with Gasteiger partial charge in [0.15, 0.2) is 0 Å². The zero-order chi connectivity index (χ0) is 15.4. The highest BCUT2D eigenvalue weighted by Gasteiger charge is 2.17. The molecule has 0 bridgehead atoms. The van der Waals surface area contributed by atoms with Gasteiger partial charge in [-0.15, -0.1) is 0 Å². The minimum atomic E-state index is 0.0994. The van der Waals surface area contributed by atoms with E-state index in [4.69, 9.17) is 4.74 Å². The number of hydrogen-bond donors (Lipinski definition) is 0. The molecule has 118 valence electrons. The third-order valence-electron chi connectivity index (χ3n) is 4.76. The van der Waals surface area contributed by atoms with E-state index >= 15 is 0 Å². The Morgan fingerprint density at radius 2 is 2.14 bits per heavy atom. The second-order valence-electron chi connectivity index (χ2n) is 6.52. The van der Waals surface area contributed by atoms with Crippen molar-refractivity contribution in [3.05, 3.63) is 35.4 Å². The Hall–Kier alpha value is -1.77. The molecule has 2 aliphatic rings. The van der Waals surface area contributed by atoms with Gasteiger partial charge in [0.05, 0.1) is 6.61 Å². The van der Waals surface area contributed by atoms with Crippen LogP contribution in [0, 0.1) is 5.92 Å². The number of amides is 1. The molecule has 1 aliphatic carbocycles. The van der Waals surface area contributed by atoms with Gasteiger partial charge < -0.3 is 9.64 Å². The van der Waals surface area contributed by atoms with Gasteiger partial charge >= 0.3 is 0 Å². The maximum atomic E-state index is 12.2. The summed E-state index contributed by atoms with van der Waals surface area (Å²) < 4.78 is 5.50. The normalized spacial score (nSPS) is 18.2. The highest BCUT2D eigenvalue weighted by Crippen LogP contribution is 2.26. The molecule has 0 saturated heterocycles. The Labute approximate surface area is 133 Å². The van der Waals surface area contributed by atoms with Crippen molar-refractivity contribution in [2.24, 2.45) is 5.92 Å². The molecule has 1 aromatic rings. The predicted molar refractivity (Wildman–Crippen MR) is 88.9 cm³/mol. The fourth-order valence-electron chi connectivity index (χ4n) is 3.45. The zero-order valence-corrected chi connectivity index (χ0v) is 13.4. The standard InChI is InChI=1S/C19H25NO2/c1-20(14-16-5-3-2-4-6-16)19(21)10-8-15-7-9-18-17(13-15)11-12-22-18/h7-10,13,16H,2-6,11-12,14H2,1H3/b10-8+. The summed E-state index contributed by atoms with van der Waals surface area (Å²) in [6.07, 6.45) is 11.1. The van der Waals surface area contributed by atoms with Crippen molar-refractivity contribution < 1.29 is 9.53 Å². The van der Waals surface area contributed by atoms with E-state index in [2.05, 4.69) is 6.07 Å². The summed E-state index contributed by atoms with van der Waals surface area (Å²) >= 11 is 0. The fourth-order valence-corrected chi connectivity index (χ4v) is 3.45. The Kier molecular flexibility index (Phi) is 4.81. The molecule has 0 aromatic heterocycles. The highest BCUT2D eigenvalue weighted by atomic mass is 16.5. The lowest BCUT2D eigenvalue weighted by Crippen LogP contribution is -2.31. The average molecular weight is 299 g/mol. The van der Waals surface area contributed by atoms with Crippen LogP contribution in [0.4, 0.5) is 0 Å². The maximum absolute atomic E-state index is 12.2. The molecule has 0 atom stereocenters. The van der Waals surface area contributed by atoms with Gasteiger partial charge in [0.2, 0.25) is 5.91 Å². The van der Waals surface area contributed by atoms with Gasteiger partial charge in [-0.05, 0) is 48.1 Å². The van der Waals surface area contributed by atoms with E-state index < -0.39 is 0 Å². The SMILES string of the molecule is CN(CC1CCCCC1)C(=O)/C=C/c1ccc2c(c1)CCO2. The molecule has 1 amide bonds. The number of ether oxygens (including phenoxy) is 1. The molecule has 3 rings (SSSR count). The molecule has 22 heavy (non-hydrogen) atoms. The summed E-state index contributed by atoms with van der Waals surface area (Å²) in [7, 11) is 1.91. The number of carbonyl (C=O) groups is 1. The maximum Gasteiger partial charge on any atom is 0.246 e. The van der Waals surface area contributed by atoms with Crippen LogP contribution in [0.3, 0.4) is 0 Å². The van der Waals surface area contributed by atoms with E-state index in [1.807, 2.05) is 30.2 Å². The third kappa shape index (κ3) is 3.70. The van der Waals surface area contributed by atoms with Crippen LogP contribution in [0.5, 0.6) is 5.75 Å². The van der Waals surface area contributed by atoms with Gasteiger partial charge in [-0.1, -0.05) is 25.3 Å². The summed E-state index contributed by atoms with van der Waals surface area (Å²) in [5.41, 5.74) is 2.31. The predicted octanol–water partition coefficient (Wildman–Crippen LogP) is 3.67.